The number of nitrogens with zero attached hydrogens (tertiary/aromatic N) is 2. The summed E-state index contributed by atoms with van der Waals surface area (Å²) in [6.07, 6.45) is 4.65. The summed E-state index contributed by atoms with van der Waals surface area (Å²) in [6, 6.07) is 12.6. The van der Waals surface area contributed by atoms with E-state index in [-0.39, 0.29) is 23.2 Å². The number of carbonyl (C=O) groups is 4. The molecule has 1 aliphatic heterocycles. The molecular formula is C27H31N5O6. The van der Waals surface area contributed by atoms with Crippen LogP contribution in [0.3, 0.4) is 0 Å². The van der Waals surface area contributed by atoms with Gasteiger partial charge in [-0.3, -0.25) is 34.6 Å². The van der Waals surface area contributed by atoms with Gasteiger partial charge < -0.3 is 10.6 Å². The highest BCUT2D eigenvalue weighted by atomic mass is 16.6. The Balaban J connectivity index is 1.50. The Morgan fingerprint density at radius 3 is 2.34 bits per heavy atom. The van der Waals surface area contributed by atoms with Crippen LogP contribution in [0.1, 0.15) is 56.1 Å². The maximum atomic E-state index is 12.4. The molecule has 1 unspecified atom stereocenters. The van der Waals surface area contributed by atoms with Gasteiger partial charge in [-0.05, 0) is 42.5 Å². The molecular weight excluding hydrogens is 490 g/mol. The molecule has 0 bridgehead atoms. The van der Waals surface area contributed by atoms with Crippen LogP contribution < -0.4 is 16.0 Å². The van der Waals surface area contributed by atoms with Crippen LogP contribution in [0.4, 0.5) is 11.4 Å². The minimum atomic E-state index is -1.04. The first-order chi connectivity index (χ1) is 18.2. The highest BCUT2D eigenvalue weighted by molar-refractivity contribution is 6.52. The van der Waals surface area contributed by atoms with Crippen molar-refractivity contribution in [2.45, 2.75) is 51.4 Å². The van der Waals surface area contributed by atoms with E-state index in [0.717, 1.165) is 31.2 Å². The number of nitro groups is 1. The number of amides is 4. The number of nitro benzene ring substituents is 1. The van der Waals surface area contributed by atoms with E-state index in [4.69, 9.17) is 0 Å². The molecule has 3 N–H and O–H groups in total. The van der Waals surface area contributed by atoms with Gasteiger partial charge in [-0.2, -0.15) is 0 Å². The number of unbranched alkanes of at least 4 members (excludes halogenated alkanes) is 3. The molecule has 1 atom stereocenters. The molecule has 0 aliphatic carbocycles. The number of rotatable bonds is 13. The van der Waals surface area contributed by atoms with Gasteiger partial charge in [0.15, 0.2) is 0 Å². The summed E-state index contributed by atoms with van der Waals surface area (Å²) < 4.78 is 0. The molecule has 200 valence electrons. The number of aliphatic imine (C=N–C) groups is 1. The summed E-state index contributed by atoms with van der Waals surface area (Å²) in [7, 11) is 0. The molecule has 2 aromatic carbocycles. The number of non-ortho nitro benzene ring substituents is 1. The molecule has 1 aliphatic rings. The molecule has 3 rings (SSSR count). The van der Waals surface area contributed by atoms with Crippen molar-refractivity contribution in [3.63, 3.8) is 0 Å². The zero-order valence-electron chi connectivity index (χ0n) is 21.2. The van der Waals surface area contributed by atoms with E-state index < -0.39 is 22.7 Å². The fourth-order valence-corrected chi connectivity index (χ4v) is 4.06. The van der Waals surface area contributed by atoms with Gasteiger partial charge in [-0.1, -0.05) is 37.1 Å². The number of benzene rings is 2. The third-order valence-electron chi connectivity index (χ3n) is 6.05. The Bertz CT molecular complexity index is 1220. The molecule has 11 heteroatoms. The van der Waals surface area contributed by atoms with Crippen LogP contribution in [-0.2, 0) is 25.6 Å². The van der Waals surface area contributed by atoms with Crippen molar-refractivity contribution in [2.75, 3.05) is 13.1 Å². The Kier molecular flexibility index (Phi) is 10.2. The van der Waals surface area contributed by atoms with E-state index in [1.807, 2.05) is 0 Å². The van der Waals surface area contributed by atoms with Crippen molar-refractivity contribution < 1.29 is 24.1 Å². The van der Waals surface area contributed by atoms with E-state index in [1.165, 1.54) is 25.1 Å². The van der Waals surface area contributed by atoms with Gasteiger partial charge in [0.25, 0.3) is 11.6 Å². The summed E-state index contributed by atoms with van der Waals surface area (Å²) in [5.74, 6) is -2.32. The van der Waals surface area contributed by atoms with Crippen LogP contribution in [0.5, 0.6) is 0 Å². The fourth-order valence-electron chi connectivity index (χ4n) is 4.06. The van der Waals surface area contributed by atoms with E-state index in [2.05, 4.69) is 20.9 Å². The Morgan fingerprint density at radius 2 is 1.68 bits per heavy atom. The van der Waals surface area contributed by atoms with Crippen LogP contribution in [0.15, 0.2) is 53.5 Å². The van der Waals surface area contributed by atoms with Crippen LogP contribution in [0.2, 0.25) is 0 Å². The first kappa shape index (κ1) is 28.2. The predicted octanol–water partition coefficient (Wildman–Crippen LogP) is 2.85. The lowest BCUT2D eigenvalue weighted by molar-refractivity contribution is -0.384. The molecule has 1 heterocycles. The van der Waals surface area contributed by atoms with E-state index in [0.29, 0.717) is 37.2 Å². The average Bonchev–Trinajstić information content (AvgIpc) is 3.17. The van der Waals surface area contributed by atoms with Crippen molar-refractivity contribution in [1.82, 2.24) is 16.0 Å². The van der Waals surface area contributed by atoms with Gasteiger partial charge in [0.1, 0.15) is 11.6 Å². The summed E-state index contributed by atoms with van der Waals surface area (Å²) in [6.45, 7) is 2.79. The van der Waals surface area contributed by atoms with Gasteiger partial charge in [-0.15, -0.1) is 0 Å². The second-order valence-electron chi connectivity index (χ2n) is 9.01. The van der Waals surface area contributed by atoms with Crippen LogP contribution in [0, 0.1) is 10.1 Å². The van der Waals surface area contributed by atoms with Gasteiger partial charge in [-0.25, -0.2) is 4.99 Å². The first-order valence-corrected chi connectivity index (χ1v) is 12.5. The molecule has 11 nitrogen and oxygen atoms in total. The van der Waals surface area contributed by atoms with Gasteiger partial charge >= 0.3 is 0 Å². The maximum Gasteiger partial charge on any atom is 0.273 e. The topological polar surface area (TPSA) is 160 Å². The largest absolute Gasteiger partial charge is 0.356 e. The average molecular weight is 522 g/mol. The van der Waals surface area contributed by atoms with Crippen molar-refractivity contribution in [3.8, 4) is 0 Å². The maximum absolute atomic E-state index is 12.4. The molecule has 1 saturated heterocycles. The number of imide groups is 1. The number of hydrogen-bond donors (Lipinski definition) is 3. The van der Waals surface area contributed by atoms with Crippen LogP contribution >= 0.6 is 0 Å². The number of hydrogen-bond acceptors (Lipinski definition) is 7. The minimum absolute atomic E-state index is 0.0235. The molecule has 1 fully saturated rings. The van der Waals surface area contributed by atoms with Gasteiger partial charge in [0.05, 0.1) is 10.6 Å². The van der Waals surface area contributed by atoms with Crippen molar-refractivity contribution >= 4 is 40.7 Å². The zero-order chi connectivity index (χ0) is 27.5. The Hall–Kier alpha value is -4.41. The SMILES string of the molecule is CC(=O)NCCCCCCNC(=O)CCc1ccc(N=C2C(=O)NC(=O)C2c2cccc([N+](=O)[O-])c2)cc1. The summed E-state index contributed by atoms with van der Waals surface area (Å²) in [5, 5.41) is 19.0. The van der Waals surface area contributed by atoms with E-state index in [9.17, 15) is 29.3 Å². The monoisotopic (exact) mass is 521 g/mol. The lowest BCUT2D eigenvalue weighted by atomic mass is 9.95. The second kappa shape index (κ2) is 13.8. The smallest absolute Gasteiger partial charge is 0.273 e. The summed E-state index contributed by atoms with van der Waals surface area (Å²) >= 11 is 0. The molecule has 38 heavy (non-hydrogen) atoms. The van der Waals surface area contributed by atoms with E-state index in [1.54, 1.807) is 30.3 Å². The van der Waals surface area contributed by atoms with E-state index >= 15 is 0 Å². The quantitative estimate of drug-likeness (QED) is 0.159. The highest BCUT2D eigenvalue weighted by Gasteiger charge is 2.39. The Morgan fingerprint density at radius 1 is 1.00 bits per heavy atom. The second-order valence-corrected chi connectivity index (χ2v) is 9.01. The summed E-state index contributed by atoms with van der Waals surface area (Å²) in [4.78, 5) is 62.6. The zero-order valence-corrected chi connectivity index (χ0v) is 21.2. The third-order valence-corrected chi connectivity index (χ3v) is 6.05. The third kappa shape index (κ3) is 8.32. The first-order valence-electron chi connectivity index (χ1n) is 12.5. The molecule has 0 saturated carbocycles. The van der Waals surface area contributed by atoms with Gasteiger partial charge in [0, 0.05) is 38.6 Å². The van der Waals surface area contributed by atoms with Gasteiger partial charge in [0.2, 0.25) is 17.7 Å². The standard InChI is InChI=1S/C27H31N5O6/c1-18(33)28-15-4-2-3-5-16-29-23(34)14-11-19-9-12-21(13-10-19)30-25-24(26(35)31-27(25)36)20-7-6-8-22(17-20)32(37)38/h6-10,12-13,17,24H,2-5,11,14-16H2,1H3,(H,28,33)(H,29,34)(H,31,35,36). The number of aryl methyl sites for hydroxylation is 1. The normalized spacial score (nSPS) is 15.8. The summed E-state index contributed by atoms with van der Waals surface area (Å²) in [5.41, 5.74) is 1.48. The highest BCUT2D eigenvalue weighted by Crippen LogP contribution is 2.28. The molecule has 0 aromatic heterocycles. The van der Waals surface area contributed by atoms with Crippen LogP contribution in [0.25, 0.3) is 0 Å². The molecule has 0 spiro atoms. The Labute approximate surface area is 220 Å². The molecule has 2 aromatic rings. The molecule has 4 amide bonds. The lowest BCUT2D eigenvalue weighted by Crippen LogP contribution is -2.24. The van der Waals surface area contributed by atoms with Crippen molar-refractivity contribution in [1.29, 1.82) is 0 Å². The molecule has 0 radical (unpaired) electrons. The minimum Gasteiger partial charge on any atom is -0.356 e. The predicted molar refractivity (Wildman–Crippen MR) is 141 cm³/mol. The van der Waals surface area contributed by atoms with Crippen molar-refractivity contribution in [3.05, 3.63) is 69.8 Å². The number of nitrogens with one attached hydrogen (secondary N) is 3. The number of carbonyl (C=O) groups excluding carboxylic acids is 4. The van der Waals surface area contributed by atoms with Crippen LogP contribution in [-0.4, -0.2) is 47.4 Å². The lowest BCUT2D eigenvalue weighted by Gasteiger charge is -2.08. The fraction of sp³-hybridized carbons (Fsp3) is 0.370. The van der Waals surface area contributed by atoms with Crippen molar-refractivity contribution in [2.24, 2.45) is 4.99 Å².